The molecule has 0 bridgehead atoms. The number of esters is 3. The standard InChI is InChI=1S/C20H20N2O4.C17H13NO4.C15H13ClO3.C5H14N2/c1-22(2)12-17-16-11-14(26-13-7-5-4-6-8-13)9-10-15(16)19(23)18(21-17)20(24)25-3;1-21-17(20)15-16(19)14-8-7-13(9-11(14)10-18-15)22-12-5-3-2-4-6-12;1-18-15(17)14-8-7-13(9-11(14)10-16)19-12-5-3-2-4-6-12;1-6(2)5-7(3)4/h4-11,23H,12H2,1-3H3;2-10,19H,1H3;2-9H,10H2,1H3;5H2,1-4H3. The van der Waals surface area contributed by atoms with Gasteiger partial charge in [0.2, 0.25) is 0 Å². The largest absolute Gasteiger partial charge is 0.505 e. The summed E-state index contributed by atoms with van der Waals surface area (Å²) >= 11 is 5.84. The number of fused-ring (bicyclic) bond motifs is 2. The molecule has 0 aliphatic heterocycles. The predicted octanol–water partition coefficient (Wildman–Crippen LogP) is 11.2. The van der Waals surface area contributed by atoms with E-state index in [9.17, 15) is 24.6 Å². The third-order valence-electron chi connectivity index (χ3n) is 10.2. The van der Waals surface area contributed by atoms with Crippen molar-refractivity contribution in [3.05, 3.63) is 180 Å². The number of rotatable bonds is 14. The van der Waals surface area contributed by atoms with Crippen molar-refractivity contribution in [1.29, 1.82) is 0 Å². The van der Waals surface area contributed by atoms with Gasteiger partial charge in [0.05, 0.1) is 32.6 Å². The molecule has 16 nitrogen and oxygen atoms in total. The number of carbonyl (C=O) groups is 3. The molecule has 0 atom stereocenters. The molecule has 8 aromatic rings. The van der Waals surface area contributed by atoms with E-state index in [2.05, 4.69) is 52.7 Å². The molecule has 0 fully saturated rings. The summed E-state index contributed by atoms with van der Waals surface area (Å²) < 4.78 is 31.3. The highest BCUT2D eigenvalue weighted by molar-refractivity contribution is 6.17. The Morgan fingerprint density at radius 3 is 1.41 bits per heavy atom. The number of ether oxygens (including phenoxy) is 6. The van der Waals surface area contributed by atoms with Gasteiger partial charge < -0.3 is 43.5 Å². The zero-order chi connectivity index (χ0) is 53.7. The van der Waals surface area contributed by atoms with Gasteiger partial charge in [-0.15, -0.1) is 11.6 Å². The molecule has 74 heavy (non-hydrogen) atoms. The Balaban J connectivity index is 0.000000195. The minimum absolute atomic E-state index is 0.0893. The van der Waals surface area contributed by atoms with Crippen molar-refractivity contribution >= 4 is 51.1 Å². The van der Waals surface area contributed by atoms with Crippen molar-refractivity contribution in [2.45, 2.75) is 12.4 Å². The van der Waals surface area contributed by atoms with E-state index in [0.29, 0.717) is 68.3 Å². The molecule has 386 valence electrons. The molecule has 8 rings (SSSR count). The van der Waals surface area contributed by atoms with Crippen molar-refractivity contribution in [2.24, 2.45) is 0 Å². The maximum Gasteiger partial charge on any atom is 0.360 e. The fourth-order valence-corrected chi connectivity index (χ4v) is 7.28. The number of para-hydroxylation sites is 3. The lowest BCUT2D eigenvalue weighted by atomic mass is 10.1. The minimum Gasteiger partial charge on any atom is -0.505 e. The topological polar surface area (TPSA) is 183 Å². The van der Waals surface area contributed by atoms with E-state index >= 15 is 0 Å². The number of carbonyl (C=O) groups excluding carboxylic acids is 3. The normalized spacial score (nSPS) is 10.6. The molecule has 0 amide bonds. The van der Waals surface area contributed by atoms with Crippen molar-refractivity contribution in [3.63, 3.8) is 0 Å². The first kappa shape index (κ1) is 56.6. The first-order valence-electron chi connectivity index (χ1n) is 22.9. The Hall–Kier alpha value is -8.28. The Kier molecular flexibility index (Phi) is 21.5. The van der Waals surface area contributed by atoms with Gasteiger partial charge in [-0.05, 0) is 139 Å². The molecule has 2 heterocycles. The van der Waals surface area contributed by atoms with Crippen LogP contribution >= 0.6 is 11.6 Å². The second kappa shape index (κ2) is 28.1. The van der Waals surface area contributed by atoms with E-state index in [0.717, 1.165) is 17.8 Å². The third-order valence-corrected chi connectivity index (χ3v) is 10.5. The number of halogens is 1. The van der Waals surface area contributed by atoms with Crippen molar-refractivity contribution in [2.75, 3.05) is 70.3 Å². The summed E-state index contributed by atoms with van der Waals surface area (Å²) in [6.07, 6.45) is 1.50. The van der Waals surface area contributed by atoms with Crippen LogP contribution in [0.3, 0.4) is 0 Å². The Labute approximate surface area is 435 Å². The summed E-state index contributed by atoms with van der Waals surface area (Å²) in [4.78, 5) is 49.5. The van der Waals surface area contributed by atoms with Gasteiger partial charge in [-0.1, -0.05) is 54.6 Å². The molecule has 17 heteroatoms. The molecule has 0 saturated heterocycles. The van der Waals surface area contributed by atoms with Crippen LogP contribution < -0.4 is 14.2 Å². The monoisotopic (exact) mass is 1030 g/mol. The van der Waals surface area contributed by atoms with Crippen molar-refractivity contribution < 1.29 is 53.0 Å². The first-order chi connectivity index (χ1) is 35.5. The number of aromatic nitrogens is 2. The molecule has 0 radical (unpaired) electrons. The molecule has 2 N–H and O–H groups in total. The highest BCUT2D eigenvalue weighted by atomic mass is 35.5. The smallest absolute Gasteiger partial charge is 0.360 e. The summed E-state index contributed by atoms with van der Waals surface area (Å²) in [5.74, 6) is 2.10. The molecule has 0 aliphatic rings. The molecular weight excluding hydrogens is 966 g/mol. The van der Waals surface area contributed by atoms with Gasteiger partial charge in [0.15, 0.2) is 22.9 Å². The quantitative estimate of drug-likeness (QED) is 0.0454. The van der Waals surface area contributed by atoms with Gasteiger partial charge >= 0.3 is 17.9 Å². The van der Waals surface area contributed by atoms with Crippen LogP contribution in [0.5, 0.6) is 46.0 Å². The van der Waals surface area contributed by atoms with Crippen LogP contribution in [-0.2, 0) is 26.6 Å². The highest BCUT2D eigenvalue weighted by Gasteiger charge is 2.21. The maximum absolute atomic E-state index is 11.9. The van der Waals surface area contributed by atoms with Gasteiger partial charge in [0.25, 0.3) is 0 Å². The SMILES string of the molecule is CN(C)CN(C)C.COC(=O)c1ccc(Oc2ccccc2)cc1CCl.COC(=O)c1nc(CN(C)C)c2cc(Oc3ccccc3)ccc2c1O.COC(=O)c1ncc2cc(Oc3ccccc3)ccc2c1O. The molecule has 0 unspecified atom stereocenters. The number of alkyl halides is 1. The van der Waals surface area contributed by atoms with Crippen molar-refractivity contribution in [1.82, 2.24) is 24.7 Å². The molecule has 2 aromatic heterocycles. The second-order valence-electron chi connectivity index (χ2n) is 16.9. The Morgan fingerprint density at radius 1 is 0.500 bits per heavy atom. The zero-order valence-electron chi connectivity index (χ0n) is 42.7. The summed E-state index contributed by atoms with van der Waals surface area (Å²) in [7, 11) is 15.9. The number of benzene rings is 6. The van der Waals surface area contributed by atoms with Gasteiger partial charge in [0, 0.05) is 46.8 Å². The van der Waals surface area contributed by atoms with Crippen LogP contribution in [0.2, 0.25) is 0 Å². The van der Waals surface area contributed by atoms with Crippen LogP contribution in [0, 0.1) is 0 Å². The summed E-state index contributed by atoms with van der Waals surface area (Å²) in [6, 6.07) is 43.7. The molecule has 6 aromatic carbocycles. The van der Waals surface area contributed by atoms with Gasteiger partial charge in [-0.2, -0.15) is 0 Å². The molecule has 0 saturated carbocycles. The average molecular weight is 1030 g/mol. The maximum atomic E-state index is 11.9. The zero-order valence-corrected chi connectivity index (χ0v) is 43.5. The Bertz CT molecular complexity index is 3100. The van der Waals surface area contributed by atoms with E-state index in [1.54, 1.807) is 48.5 Å². The average Bonchev–Trinajstić information content (AvgIpc) is 3.40. The Morgan fingerprint density at radius 2 is 0.946 bits per heavy atom. The number of aromatic hydroxyl groups is 2. The van der Waals surface area contributed by atoms with Crippen molar-refractivity contribution in [3.8, 4) is 46.0 Å². The summed E-state index contributed by atoms with van der Waals surface area (Å²) in [6.45, 7) is 1.52. The lowest BCUT2D eigenvalue weighted by molar-refractivity contribution is 0.0581. The van der Waals surface area contributed by atoms with E-state index < -0.39 is 17.9 Å². The van der Waals surface area contributed by atoms with E-state index in [1.807, 2.05) is 116 Å². The van der Waals surface area contributed by atoms with Crippen LogP contribution in [-0.4, -0.2) is 123 Å². The van der Waals surface area contributed by atoms with Gasteiger partial charge in [0.1, 0.15) is 34.5 Å². The van der Waals surface area contributed by atoms with Crippen LogP contribution in [0.1, 0.15) is 42.6 Å². The fourth-order valence-electron chi connectivity index (χ4n) is 7.06. The fraction of sp³-hybridized carbons (Fsp3) is 0.211. The number of hydrogen-bond acceptors (Lipinski definition) is 16. The van der Waals surface area contributed by atoms with Gasteiger partial charge in [-0.25, -0.2) is 24.4 Å². The van der Waals surface area contributed by atoms with Crippen LogP contribution in [0.15, 0.2) is 152 Å². The first-order valence-corrected chi connectivity index (χ1v) is 23.4. The predicted molar refractivity (Wildman–Crippen MR) is 286 cm³/mol. The summed E-state index contributed by atoms with van der Waals surface area (Å²) in [5, 5.41) is 23.0. The number of pyridine rings is 2. The second-order valence-corrected chi connectivity index (χ2v) is 17.1. The molecule has 0 spiro atoms. The van der Waals surface area contributed by atoms with Gasteiger partial charge in [-0.3, -0.25) is 9.80 Å². The lowest BCUT2D eigenvalue weighted by Gasteiger charge is -2.15. The number of hydrogen-bond donors (Lipinski definition) is 2. The molecular formula is C57H60ClN5O11. The van der Waals surface area contributed by atoms with Crippen LogP contribution in [0.4, 0.5) is 0 Å². The van der Waals surface area contributed by atoms with E-state index in [4.69, 9.17) is 35.3 Å². The lowest BCUT2D eigenvalue weighted by Crippen LogP contribution is -2.26. The number of methoxy groups -OCH3 is 3. The molecule has 0 aliphatic carbocycles. The van der Waals surface area contributed by atoms with E-state index in [1.165, 1.54) is 27.5 Å². The van der Waals surface area contributed by atoms with E-state index in [-0.39, 0.29) is 28.8 Å². The minimum atomic E-state index is -0.677. The highest BCUT2D eigenvalue weighted by Crippen LogP contribution is 2.35. The van der Waals surface area contributed by atoms with Crippen LogP contribution in [0.25, 0.3) is 21.5 Å². The third kappa shape index (κ3) is 16.4. The summed E-state index contributed by atoms with van der Waals surface area (Å²) in [5.41, 5.74) is 1.60. The number of nitrogens with zero attached hydrogens (tertiary/aromatic N) is 5.